The van der Waals surface area contributed by atoms with Crippen LogP contribution in [-0.4, -0.2) is 4.40 Å². The van der Waals surface area contributed by atoms with Gasteiger partial charge < -0.3 is 4.40 Å². The van der Waals surface area contributed by atoms with Crippen molar-refractivity contribution in [1.29, 1.82) is 0 Å². The van der Waals surface area contributed by atoms with Gasteiger partial charge in [0.05, 0.1) is 0 Å². The Morgan fingerprint density at radius 3 is 2.82 bits per heavy atom. The molecule has 0 aliphatic heterocycles. The van der Waals surface area contributed by atoms with Gasteiger partial charge in [-0.2, -0.15) is 0 Å². The molecule has 2 aromatic heterocycles. The van der Waals surface area contributed by atoms with Gasteiger partial charge >= 0.3 is 0 Å². The van der Waals surface area contributed by atoms with Gasteiger partial charge in [-0.05, 0) is 30.7 Å². The van der Waals surface area contributed by atoms with Crippen LogP contribution >= 0.6 is 0 Å². The summed E-state index contributed by atoms with van der Waals surface area (Å²) in [5.74, 6) is 0. The molecule has 2 aromatic rings. The fourth-order valence-electron chi connectivity index (χ4n) is 1.42. The van der Waals surface area contributed by atoms with Gasteiger partial charge in [0.15, 0.2) is 0 Å². The Labute approximate surface area is 66.3 Å². The number of aryl methyl sites for hydroxylation is 1. The number of hydrogen-bond acceptors (Lipinski definition) is 0. The zero-order valence-corrected chi connectivity index (χ0v) is 6.62. The number of fused-ring (bicyclic) bond motifs is 1. The van der Waals surface area contributed by atoms with Crippen molar-refractivity contribution in [2.75, 3.05) is 0 Å². The standard InChI is InChI=1S/C10H11N/c1-2-9-5-3-6-10-7-4-8-11(9)10/h3-8H,2H2,1H3. The largest absolute Gasteiger partial charge is 0.321 e. The van der Waals surface area contributed by atoms with Gasteiger partial charge in [-0.1, -0.05) is 13.0 Å². The van der Waals surface area contributed by atoms with Crippen molar-refractivity contribution in [3.05, 3.63) is 42.2 Å². The topological polar surface area (TPSA) is 4.41 Å². The molecule has 0 aliphatic carbocycles. The van der Waals surface area contributed by atoms with Crippen LogP contribution in [0.2, 0.25) is 0 Å². The Balaban J connectivity index is 2.79. The third-order valence-corrected chi connectivity index (χ3v) is 2.01. The summed E-state index contributed by atoms with van der Waals surface area (Å²) in [7, 11) is 0. The highest BCUT2D eigenvalue weighted by atomic mass is 14.9. The highest BCUT2D eigenvalue weighted by molar-refractivity contribution is 5.48. The van der Waals surface area contributed by atoms with Gasteiger partial charge in [-0.25, -0.2) is 0 Å². The summed E-state index contributed by atoms with van der Waals surface area (Å²) in [5.41, 5.74) is 2.65. The van der Waals surface area contributed by atoms with Gasteiger partial charge in [0.2, 0.25) is 0 Å². The first-order chi connectivity index (χ1) is 5.42. The van der Waals surface area contributed by atoms with E-state index in [1.807, 2.05) is 0 Å². The van der Waals surface area contributed by atoms with E-state index < -0.39 is 0 Å². The van der Waals surface area contributed by atoms with E-state index in [0.29, 0.717) is 0 Å². The molecule has 0 amide bonds. The SMILES string of the molecule is CCc1cccc2cccn12. The van der Waals surface area contributed by atoms with Gasteiger partial charge in [0.25, 0.3) is 0 Å². The van der Waals surface area contributed by atoms with E-state index in [-0.39, 0.29) is 0 Å². The lowest BCUT2D eigenvalue weighted by Crippen LogP contribution is -1.91. The normalized spacial score (nSPS) is 10.6. The van der Waals surface area contributed by atoms with Crippen LogP contribution < -0.4 is 0 Å². The molecule has 0 saturated carbocycles. The Morgan fingerprint density at radius 2 is 2.00 bits per heavy atom. The molecule has 0 N–H and O–H groups in total. The van der Waals surface area contributed by atoms with Crippen LogP contribution in [0.4, 0.5) is 0 Å². The third kappa shape index (κ3) is 0.929. The van der Waals surface area contributed by atoms with Crippen molar-refractivity contribution >= 4 is 5.52 Å². The first-order valence-corrected chi connectivity index (χ1v) is 3.97. The van der Waals surface area contributed by atoms with Crippen molar-refractivity contribution in [3.8, 4) is 0 Å². The van der Waals surface area contributed by atoms with E-state index in [0.717, 1.165) is 6.42 Å². The van der Waals surface area contributed by atoms with Gasteiger partial charge in [-0.15, -0.1) is 0 Å². The van der Waals surface area contributed by atoms with Crippen LogP contribution in [0.3, 0.4) is 0 Å². The zero-order valence-electron chi connectivity index (χ0n) is 6.62. The molecular weight excluding hydrogens is 134 g/mol. The molecule has 0 saturated heterocycles. The minimum atomic E-state index is 1.09. The van der Waals surface area contributed by atoms with Gasteiger partial charge in [0.1, 0.15) is 0 Å². The summed E-state index contributed by atoms with van der Waals surface area (Å²) in [5, 5.41) is 0. The van der Waals surface area contributed by atoms with Crippen molar-refractivity contribution < 1.29 is 0 Å². The van der Waals surface area contributed by atoms with Crippen molar-refractivity contribution in [3.63, 3.8) is 0 Å². The molecule has 0 aliphatic rings. The lowest BCUT2D eigenvalue weighted by atomic mass is 10.3. The van der Waals surface area contributed by atoms with Crippen molar-refractivity contribution in [1.82, 2.24) is 4.40 Å². The molecule has 0 aromatic carbocycles. The summed E-state index contributed by atoms with van der Waals surface area (Å²) in [6, 6.07) is 10.6. The van der Waals surface area contributed by atoms with Crippen LogP contribution in [0.1, 0.15) is 12.6 Å². The summed E-state index contributed by atoms with van der Waals surface area (Å²) in [6.45, 7) is 2.18. The van der Waals surface area contributed by atoms with Crippen LogP contribution in [0.5, 0.6) is 0 Å². The summed E-state index contributed by atoms with van der Waals surface area (Å²) >= 11 is 0. The lowest BCUT2D eigenvalue weighted by Gasteiger charge is -2.01. The Kier molecular flexibility index (Phi) is 1.42. The molecule has 0 atom stereocenters. The van der Waals surface area contributed by atoms with Crippen molar-refractivity contribution in [2.24, 2.45) is 0 Å². The molecule has 2 rings (SSSR count). The van der Waals surface area contributed by atoms with Crippen LogP contribution in [0, 0.1) is 0 Å². The molecule has 11 heavy (non-hydrogen) atoms. The molecular formula is C10H11N. The number of aromatic nitrogens is 1. The monoisotopic (exact) mass is 145 g/mol. The summed E-state index contributed by atoms with van der Waals surface area (Å²) in [4.78, 5) is 0. The molecule has 2 heterocycles. The summed E-state index contributed by atoms with van der Waals surface area (Å²) in [6.07, 6.45) is 3.19. The Bertz CT molecular complexity index is 360. The fraction of sp³-hybridized carbons (Fsp3) is 0.200. The minimum absolute atomic E-state index is 1.09. The first kappa shape index (κ1) is 6.47. The van der Waals surface area contributed by atoms with Crippen LogP contribution in [0.15, 0.2) is 36.5 Å². The molecule has 56 valence electrons. The Hall–Kier alpha value is -1.24. The second kappa shape index (κ2) is 2.42. The first-order valence-electron chi connectivity index (χ1n) is 3.97. The second-order valence-corrected chi connectivity index (χ2v) is 2.67. The highest BCUT2D eigenvalue weighted by Crippen LogP contribution is 2.08. The Morgan fingerprint density at radius 1 is 1.18 bits per heavy atom. The van der Waals surface area contributed by atoms with Crippen molar-refractivity contribution in [2.45, 2.75) is 13.3 Å². The molecule has 0 fully saturated rings. The van der Waals surface area contributed by atoms with Crippen LogP contribution in [0.25, 0.3) is 5.52 Å². The predicted octanol–water partition coefficient (Wildman–Crippen LogP) is 2.50. The number of hydrogen-bond donors (Lipinski definition) is 0. The van der Waals surface area contributed by atoms with Gasteiger partial charge in [0, 0.05) is 17.4 Å². The molecule has 0 bridgehead atoms. The zero-order chi connectivity index (χ0) is 7.68. The average Bonchev–Trinajstić information content (AvgIpc) is 2.50. The number of nitrogens with zero attached hydrogens (tertiary/aromatic N) is 1. The van der Waals surface area contributed by atoms with E-state index in [4.69, 9.17) is 0 Å². The smallest absolute Gasteiger partial charge is 0.0452 e. The highest BCUT2D eigenvalue weighted by Gasteiger charge is 1.94. The minimum Gasteiger partial charge on any atom is -0.321 e. The maximum absolute atomic E-state index is 2.22. The van der Waals surface area contributed by atoms with E-state index in [2.05, 4.69) is 47.9 Å². The molecule has 1 heteroatoms. The fourth-order valence-corrected chi connectivity index (χ4v) is 1.42. The average molecular weight is 145 g/mol. The quantitative estimate of drug-likeness (QED) is 0.580. The number of rotatable bonds is 1. The number of pyridine rings is 1. The third-order valence-electron chi connectivity index (χ3n) is 2.01. The lowest BCUT2D eigenvalue weighted by molar-refractivity contribution is 0.984. The molecule has 0 unspecified atom stereocenters. The molecule has 0 spiro atoms. The second-order valence-electron chi connectivity index (χ2n) is 2.67. The van der Waals surface area contributed by atoms with Gasteiger partial charge in [-0.3, -0.25) is 0 Å². The molecule has 1 nitrogen and oxygen atoms in total. The van der Waals surface area contributed by atoms with E-state index in [1.54, 1.807) is 0 Å². The maximum atomic E-state index is 2.22. The molecule has 0 radical (unpaired) electrons. The summed E-state index contributed by atoms with van der Waals surface area (Å²) < 4.78 is 2.22. The van der Waals surface area contributed by atoms with E-state index in [9.17, 15) is 0 Å². The van der Waals surface area contributed by atoms with E-state index >= 15 is 0 Å². The maximum Gasteiger partial charge on any atom is 0.0452 e. The van der Waals surface area contributed by atoms with E-state index in [1.165, 1.54) is 11.2 Å². The predicted molar refractivity (Wildman–Crippen MR) is 46.8 cm³/mol. The van der Waals surface area contributed by atoms with Crippen LogP contribution in [-0.2, 0) is 6.42 Å².